The normalized spacial score (nSPS) is 21.9. The Kier molecular flexibility index (Phi) is 4.06. The summed E-state index contributed by atoms with van der Waals surface area (Å²) in [5.74, 6) is 0.341. The molecule has 2 aliphatic heterocycles. The molecule has 27 heavy (non-hydrogen) atoms. The predicted octanol–water partition coefficient (Wildman–Crippen LogP) is 2.42. The molecule has 1 saturated carbocycles. The monoisotopic (exact) mass is 366 g/mol. The molecule has 0 bridgehead atoms. The molecule has 1 saturated heterocycles. The molecule has 0 unspecified atom stereocenters. The van der Waals surface area contributed by atoms with Gasteiger partial charge in [-0.25, -0.2) is 0 Å². The largest absolute Gasteiger partial charge is 0.367 e. The van der Waals surface area contributed by atoms with Gasteiger partial charge in [-0.1, -0.05) is 24.3 Å². The lowest BCUT2D eigenvalue weighted by molar-refractivity contribution is -0.124. The van der Waals surface area contributed by atoms with Gasteiger partial charge in [-0.15, -0.1) is 0 Å². The van der Waals surface area contributed by atoms with Gasteiger partial charge < -0.3 is 10.5 Å². The number of fused-ring (bicyclic) bond motifs is 1. The quantitative estimate of drug-likeness (QED) is 0.902. The molecule has 3 heterocycles. The number of aromatic nitrogens is 2. The van der Waals surface area contributed by atoms with Crippen LogP contribution in [0.2, 0.25) is 0 Å². The van der Waals surface area contributed by atoms with E-state index in [1.165, 1.54) is 24.0 Å². The Hall–Kier alpha value is -2.18. The molecule has 0 radical (unpaired) electrons. The van der Waals surface area contributed by atoms with Crippen molar-refractivity contribution in [3.05, 3.63) is 52.8 Å². The molecule has 1 spiro atoms. The molecule has 1 amide bonds. The first-order valence-corrected chi connectivity index (χ1v) is 9.92. The van der Waals surface area contributed by atoms with E-state index < -0.39 is 5.91 Å². The maximum atomic E-state index is 11.4. The number of nitrogens with two attached hydrogens (primary N) is 1. The Balaban J connectivity index is 1.20. The van der Waals surface area contributed by atoms with E-state index in [0.717, 1.165) is 44.1 Å². The first-order chi connectivity index (χ1) is 13.1. The van der Waals surface area contributed by atoms with E-state index in [9.17, 15) is 4.79 Å². The number of nitrogens with zero attached hydrogens (tertiary/aromatic N) is 3. The number of carbonyl (C=O) groups excluding carboxylic acids is 1. The van der Waals surface area contributed by atoms with Crippen molar-refractivity contribution in [3.63, 3.8) is 0 Å². The summed E-state index contributed by atoms with van der Waals surface area (Å²) in [5, 5.41) is 4.36. The zero-order valence-electron chi connectivity index (χ0n) is 15.6. The van der Waals surface area contributed by atoms with Gasteiger partial charge in [-0.05, 0) is 48.8 Å². The third-order valence-corrected chi connectivity index (χ3v) is 6.28. The highest BCUT2D eigenvalue weighted by Crippen LogP contribution is 2.40. The number of primary amides is 1. The molecule has 5 rings (SSSR count). The van der Waals surface area contributed by atoms with Crippen molar-refractivity contribution in [1.82, 2.24) is 14.7 Å². The fourth-order valence-electron chi connectivity index (χ4n) is 4.37. The number of likely N-dealkylation sites (tertiary alicyclic amines) is 1. The van der Waals surface area contributed by atoms with E-state index in [-0.39, 0.29) is 5.60 Å². The molecular formula is C21H26N4O2. The Morgan fingerprint density at radius 3 is 2.63 bits per heavy atom. The van der Waals surface area contributed by atoms with Crippen molar-refractivity contribution in [2.24, 2.45) is 5.73 Å². The zero-order chi connectivity index (χ0) is 18.4. The number of ether oxygens (including phenoxy) is 1. The highest BCUT2D eigenvalue weighted by molar-refractivity contribution is 5.90. The first-order valence-electron chi connectivity index (χ1n) is 9.92. The number of carbonyl (C=O) groups is 1. The van der Waals surface area contributed by atoms with E-state index in [0.29, 0.717) is 18.8 Å². The van der Waals surface area contributed by atoms with Crippen molar-refractivity contribution in [2.75, 3.05) is 13.1 Å². The third kappa shape index (κ3) is 3.39. The first kappa shape index (κ1) is 17.0. The minimum Gasteiger partial charge on any atom is -0.367 e. The van der Waals surface area contributed by atoms with Crippen LogP contribution in [-0.2, 0) is 24.4 Å². The van der Waals surface area contributed by atoms with Crippen molar-refractivity contribution in [1.29, 1.82) is 0 Å². The Labute approximate surface area is 159 Å². The molecule has 2 aromatic rings. The van der Waals surface area contributed by atoms with E-state index in [1.807, 2.05) is 4.68 Å². The van der Waals surface area contributed by atoms with E-state index >= 15 is 0 Å². The summed E-state index contributed by atoms with van der Waals surface area (Å²) in [6.07, 6.45) is 4.68. The van der Waals surface area contributed by atoms with Crippen molar-refractivity contribution in [3.8, 4) is 0 Å². The van der Waals surface area contributed by atoms with Crippen LogP contribution >= 0.6 is 0 Å². The second kappa shape index (κ2) is 6.46. The molecule has 6 nitrogen and oxygen atoms in total. The zero-order valence-corrected chi connectivity index (χ0v) is 15.6. The van der Waals surface area contributed by atoms with Gasteiger partial charge in [0.05, 0.1) is 24.4 Å². The van der Waals surface area contributed by atoms with Crippen LogP contribution in [0.5, 0.6) is 0 Å². The molecule has 1 aliphatic carbocycles. The summed E-state index contributed by atoms with van der Waals surface area (Å²) in [7, 11) is 0. The lowest BCUT2D eigenvalue weighted by Gasteiger charge is -2.43. The second-order valence-corrected chi connectivity index (χ2v) is 8.31. The summed E-state index contributed by atoms with van der Waals surface area (Å²) in [6, 6.07) is 10.9. The smallest absolute Gasteiger partial charge is 0.269 e. The predicted molar refractivity (Wildman–Crippen MR) is 101 cm³/mol. The second-order valence-electron chi connectivity index (χ2n) is 8.31. The average molecular weight is 366 g/mol. The fraction of sp³-hybridized carbons (Fsp3) is 0.524. The lowest BCUT2D eigenvalue weighted by Crippen LogP contribution is -2.50. The Bertz CT molecular complexity index is 846. The SMILES string of the molecule is NC(=O)c1cc2n(n1)CC1(CCN(Cc3ccc(C4CC4)cc3)CC1)OC2. The number of benzene rings is 1. The standard InChI is InChI=1S/C21H26N4O2/c22-20(26)19-11-18-13-27-21(14-25(18)23-19)7-9-24(10-8-21)12-15-1-3-16(4-2-15)17-5-6-17/h1-4,11,17H,5-10,12-14H2,(H2,22,26). The summed E-state index contributed by atoms with van der Waals surface area (Å²) in [5.41, 5.74) is 9.34. The van der Waals surface area contributed by atoms with Gasteiger partial charge >= 0.3 is 0 Å². The van der Waals surface area contributed by atoms with E-state index in [2.05, 4.69) is 34.3 Å². The molecule has 142 valence electrons. The molecule has 1 aromatic carbocycles. The van der Waals surface area contributed by atoms with E-state index in [1.54, 1.807) is 6.07 Å². The van der Waals surface area contributed by atoms with Gasteiger partial charge in [0, 0.05) is 19.6 Å². The Morgan fingerprint density at radius 2 is 1.96 bits per heavy atom. The van der Waals surface area contributed by atoms with Crippen molar-refractivity contribution < 1.29 is 9.53 Å². The lowest BCUT2D eigenvalue weighted by atomic mass is 9.89. The molecule has 2 N–H and O–H groups in total. The molecule has 3 aliphatic rings. The van der Waals surface area contributed by atoms with Crippen LogP contribution in [0.15, 0.2) is 30.3 Å². The molecule has 2 fully saturated rings. The number of rotatable bonds is 4. The van der Waals surface area contributed by atoms with Gasteiger partial charge in [0.2, 0.25) is 0 Å². The van der Waals surface area contributed by atoms with Gasteiger partial charge in [-0.2, -0.15) is 5.10 Å². The summed E-state index contributed by atoms with van der Waals surface area (Å²) in [4.78, 5) is 13.9. The fourth-order valence-corrected chi connectivity index (χ4v) is 4.37. The van der Waals surface area contributed by atoms with Crippen molar-refractivity contribution >= 4 is 5.91 Å². The van der Waals surface area contributed by atoms with Crippen LogP contribution in [0.3, 0.4) is 0 Å². The topological polar surface area (TPSA) is 73.4 Å². The number of hydrogen-bond acceptors (Lipinski definition) is 4. The maximum absolute atomic E-state index is 11.4. The summed E-state index contributed by atoms with van der Waals surface area (Å²) < 4.78 is 8.15. The molecule has 6 heteroatoms. The van der Waals surface area contributed by atoms with Crippen LogP contribution in [0, 0.1) is 0 Å². The van der Waals surface area contributed by atoms with Gasteiger partial charge in [0.25, 0.3) is 5.91 Å². The molecular weight excluding hydrogens is 340 g/mol. The maximum Gasteiger partial charge on any atom is 0.269 e. The Morgan fingerprint density at radius 1 is 1.22 bits per heavy atom. The van der Waals surface area contributed by atoms with Crippen LogP contribution in [0.4, 0.5) is 0 Å². The molecule has 1 aromatic heterocycles. The van der Waals surface area contributed by atoms with E-state index in [4.69, 9.17) is 10.5 Å². The van der Waals surface area contributed by atoms with Gasteiger partial charge in [0.1, 0.15) is 5.69 Å². The number of amides is 1. The highest BCUT2D eigenvalue weighted by atomic mass is 16.5. The number of piperidine rings is 1. The number of hydrogen-bond donors (Lipinski definition) is 1. The minimum atomic E-state index is -0.478. The summed E-state index contributed by atoms with van der Waals surface area (Å²) >= 11 is 0. The average Bonchev–Trinajstić information content (AvgIpc) is 3.43. The molecule has 0 atom stereocenters. The van der Waals surface area contributed by atoms with Gasteiger partial charge in [-0.3, -0.25) is 14.4 Å². The van der Waals surface area contributed by atoms with Gasteiger partial charge in [0.15, 0.2) is 0 Å². The highest BCUT2D eigenvalue weighted by Gasteiger charge is 2.39. The third-order valence-electron chi connectivity index (χ3n) is 6.28. The van der Waals surface area contributed by atoms with Crippen LogP contribution in [0.1, 0.15) is 58.9 Å². The van der Waals surface area contributed by atoms with Crippen LogP contribution in [-0.4, -0.2) is 39.3 Å². The summed E-state index contributed by atoms with van der Waals surface area (Å²) in [6.45, 7) is 4.25. The van der Waals surface area contributed by atoms with Crippen LogP contribution in [0.25, 0.3) is 0 Å². The minimum absolute atomic E-state index is 0.166. The van der Waals surface area contributed by atoms with Crippen LogP contribution < -0.4 is 5.73 Å². The van der Waals surface area contributed by atoms with Crippen molar-refractivity contribution in [2.45, 2.75) is 56.9 Å².